The monoisotopic (exact) mass is 270 g/mol. The maximum atomic E-state index is 5.90. The van der Waals surface area contributed by atoms with E-state index in [2.05, 4.69) is 31.9 Å². The Kier molecular flexibility index (Phi) is 2.45. The second-order valence-corrected chi connectivity index (χ2v) is 5.76. The summed E-state index contributed by atoms with van der Waals surface area (Å²) >= 11 is 6.84. The van der Waals surface area contributed by atoms with E-state index in [0.29, 0.717) is 0 Å². The summed E-state index contributed by atoms with van der Waals surface area (Å²) in [6.07, 6.45) is 4.20. The summed E-state index contributed by atoms with van der Waals surface area (Å²) in [5, 5.41) is 0. The highest BCUT2D eigenvalue weighted by Gasteiger charge is 2.43. The van der Waals surface area contributed by atoms with Gasteiger partial charge in [-0.05, 0) is 12.8 Å². The van der Waals surface area contributed by atoms with Crippen molar-refractivity contribution in [3.05, 3.63) is 0 Å². The molecule has 2 unspecified atom stereocenters. The Morgan fingerprint density at radius 2 is 1.20 bits per heavy atom. The van der Waals surface area contributed by atoms with E-state index in [9.17, 15) is 0 Å². The molecule has 1 rings (SSSR count). The highest BCUT2D eigenvalue weighted by molar-refractivity contribution is 9.13. The smallest absolute Gasteiger partial charge is 0.0999 e. The molecule has 0 aliphatic heterocycles. The number of nitrogens with two attached hydrogens (primary N) is 2. The molecule has 2 nitrogen and oxygen atoms in total. The predicted octanol–water partition coefficient (Wildman–Crippen LogP) is 1.66. The maximum Gasteiger partial charge on any atom is 0.0999 e. The minimum Gasteiger partial charge on any atom is -0.314 e. The third kappa shape index (κ3) is 1.55. The van der Waals surface area contributed by atoms with Gasteiger partial charge in [0.1, 0.15) is 0 Å². The van der Waals surface area contributed by atoms with Crippen LogP contribution in [0.25, 0.3) is 0 Å². The fraction of sp³-hybridized carbons (Fsp3) is 1.00. The summed E-state index contributed by atoms with van der Waals surface area (Å²) in [6.45, 7) is 0. The molecule has 1 saturated carbocycles. The lowest BCUT2D eigenvalue weighted by Gasteiger charge is -2.41. The quantitative estimate of drug-likeness (QED) is 0.520. The van der Waals surface area contributed by atoms with Gasteiger partial charge in [-0.3, -0.25) is 0 Å². The topological polar surface area (TPSA) is 52.0 Å². The van der Waals surface area contributed by atoms with Gasteiger partial charge in [0.05, 0.1) is 8.90 Å². The Labute approximate surface area is 78.0 Å². The number of halogens is 2. The van der Waals surface area contributed by atoms with Gasteiger partial charge in [-0.1, -0.05) is 44.7 Å². The molecule has 1 aliphatic rings. The first-order valence-electron chi connectivity index (χ1n) is 3.41. The van der Waals surface area contributed by atoms with Crippen molar-refractivity contribution in [1.82, 2.24) is 0 Å². The van der Waals surface area contributed by atoms with Crippen LogP contribution in [-0.4, -0.2) is 8.90 Å². The van der Waals surface area contributed by atoms with Gasteiger partial charge in [0.25, 0.3) is 0 Å². The Morgan fingerprint density at radius 1 is 0.900 bits per heavy atom. The Hall–Kier alpha value is 0.880. The van der Waals surface area contributed by atoms with Gasteiger partial charge in [0.15, 0.2) is 0 Å². The third-order valence-electron chi connectivity index (χ3n) is 2.02. The summed E-state index contributed by atoms with van der Waals surface area (Å²) in [6, 6.07) is 0. The van der Waals surface area contributed by atoms with Crippen LogP contribution in [0.1, 0.15) is 25.7 Å². The first-order valence-corrected chi connectivity index (χ1v) is 5.00. The molecule has 0 heterocycles. The molecule has 0 aromatic carbocycles. The van der Waals surface area contributed by atoms with Crippen molar-refractivity contribution in [1.29, 1.82) is 0 Å². The summed E-state index contributed by atoms with van der Waals surface area (Å²) in [7, 11) is 0. The van der Waals surface area contributed by atoms with Gasteiger partial charge >= 0.3 is 0 Å². The zero-order chi connectivity index (χ0) is 7.83. The van der Waals surface area contributed by atoms with Crippen LogP contribution in [0.5, 0.6) is 0 Å². The van der Waals surface area contributed by atoms with Crippen LogP contribution in [0.4, 0.5) is 0 Å². The Bertz CT molecular complexity index is 118. The number of alkyl halides is 2. The molecule has 0 aromatic heterocycles. The minimum atomic E-state index is -0.418. The number of hydrogen-bond donors (Lipinski definition) is 2. The normalized spacial score (nSPS) is 49.2. The summed E-state index contributed by atoms with van der Waals surface area (Å²) in [4.78, 5) is 0. The highest BCUT2D eigenvalue weighted by Crippen LogP contribution is 2.41. The van der Waals surface area contributed by atoms with Gasteiger partial charge < -0.3 is 11.5 Å². The van der Waals surface area contributed by atoms with Crippen LogP contribution in [0, 0.1) is 0 Å². The Morgan fingerprint density at radius 3 is 1.40 bits per heavy atom. The molecule has 4 heteroatoms. The van der Waals surface area contributed by atoms with E-state index in [-0.39, 0.29) is 0 Å². The molecular weight excluding hydrogens is 260 g/mol. The number of rotatable bonds is 0. The van der Waals surface area contributed by atoms with Gasteiger partial charge in [-0.15, -0.1) is 0 Å². The Balaban J connectivity index is 2.70. The van der Waals surface area contributed by atoms with Crippen LogP contribution in [0.15, 0.2) is 0 Å². The molecule has 1 fully saturated rings. The van der Waals surface area contributed by atoms with Gasteiger partial charge in [-0.2, -0.15) is 0 Å². The summed E-state index contributed by atoms with van der Waals surface area (Å²) < 4.78 is -0.837. The van der Waals surface area contributed by atoms with Crippen molar-refractivity contribution in [2.75, 3.05) is 0 Å². The average molecular weight is 272 g/mol. The van der Waals surface area contributed by atoms with E-state index in [4.69, 9.17) is 11.5 Å². The second kappa shape index (κ2) is 2.73. The van der Waals surface area contributed by atoms with E-state index in [1.54, 1.807) is 0 Å². The predicted molar refractivity (Wildman–Crippen MR) is 50.2 cm³/mol. The number of hydrogen-bond acceptors (Lipinski definition) is 2. The van der Waals surface area contributed by atoms with E-state index in [1.807, 2.05) is 0 Å². The third-order valence-corrected chi connectivity index (χ3v) is 4.76. The van der Waals surface area contributed by atoms with Crippen molar-refractivity contribution in [3.63, 3.8) is 0 Å². The highest BCUT2D eigenvalue weighted by atomic mass is 79.9. The summed E-state index contributed by atoms with van der Waals surface area (Å²) in [5.74, 6) is 0. The molecule has 0 saturated heterocycles. The lowest BCUT2D eigenvalue weighted by atomic mass is 9.91. The fourth-order valence-electron chi connectivity index (χ4n) is 1.18. The van der Waals surface area contributed by atoms with Crippen molar-refractivity contribution in [2.24, 2.45) is 11.5 Å². The molecule has 4 N–H and O–H groups in total. The van der Waals surface area contributed by atoms with E-state index < -0.39 is 8.90 Å². The van der Waals surface area contributed by atoms with Gasteiger partial charge in [0, 0.05) is 0 Å². The fourth-order valence-corrected chi connectivity index (χ4v) is 2.14. The van der Waals surface area contributed by atoms with Crippen LogP contribution >= 0.6 is 31.9 Å². The molecule has 1 aliphatic carbocycles. The molecule has 0 aromatic rings. The van der Waals surface area contributed by atoms with Crippen LogP contribution in [-0.2, 0) is 0 Å². The molecule has 10 heavy (non-hydrogen) atoms. The largest absolute Gasteiger partial charge is 0.314 e. The van der Waals surface area contributed by atoms with E-state index in [0.717, 1.165) is 25.7 Å². The van der Waals surface area contributed by atoms with Crippen molar-refractivity contribution in [2.45, 2.75) is 34.6 Å². The van der Waals surface area contributed by atoms with Gasteiger partial charge in [0.2, 0.25) is 0 Å². The van der Waals surface area contributed by atoms with Gasteiger partial charge in [-0.25, -0.2) is 0 Å². The molecule has 2 atom stereocenters. The van der Waals surface area contributed by atoms with E-state index in [1.165, 1.54) is 0 Å². The molecular formula is C6H12Br2N2. The molecule has 0 radical (unpaired) electrons. The van der Waals surface area contributed by atoms with Crippen LogP contribution in [0.2, 0.25) is 0 Å². The minimum absolute atomic E-state index is 0.418. The second-order valence-electron chi connectivity index (χ2n) is 2.93. The molecule has 60 valence electrons. The molecule has 0 bridgehead atoms. The first kappa shape index (κ1) is 8.97. The SMILES string of the molecule is NC1(Br)CCCCC1(N)Br. The average Bonchev–Trinajstić information content (AvgIpc) is 1.77. The zero-order valence-corrected chi connectivity index (χ0v) is 8.91. The summed E-state index contributed by atoms with van der Waals surface area (Å²) in [5.41, 5.74) is 11.8. The van der Waals surface area contributed by atoms with Crippen molar-refractivity contribution >= 4 is 31.9 Å². The molecule has 0 amide bonds. The lowest BCUT2D eigenvalue weighted by Crippen LogP contribution is -2.59. The van der Waals surface area contributed by atoms with Crippen molar-refractivity contribution < 1.29 is 0 Å². The lowest BCUT2D eigenvalue weighted by molar-refractivity contribution is 0.336. The standard InChI is InChI=1S/C6H12Br2N2/c7-5(9)3-1-2-4-6(5,8)10/h1-4,9-10H2. The maximum absolute atomic E-state index is 5.90. The zero-order valence-electron chi connectivity index (χ0n) is 5.74. The first-order chi connectivity index (χ1) is 4.46. The van der Waals surface area contributed by atoms with Crippen molar-refractivity contribution in [3.8, 4) is 0 Å². The van der Waals surface area contributed by atoms with Crippen LogP contribution < -0.4 is 11.5 Å². The molecule has 0 spiro atoms. The van der Waals surface area contributed by atoms with E-state index >= 15 is 0 Å². The van der Waals surface area contributed by atoms with Crippen LogP contribution in [0.3, 0.4) is 0 Å².